The Morgan fingerprint density at radius 1 is 1.15 bits per heavy atom. The fourth-order valence-electron chi connectivity index (χ4n) is 1.32. The van der Waals surface area contributed by atoms with Crippen LogP contribution in [-0.2, 0) is 0 Å². The van der Waals surface area contributed by atoms with Crippen LogP contribution in [0, 0.1) is 0 Å². The van der Waals surface area contributed by atoms with Crippen molar-refractivity contribution in [2.24, 2.45) is 0 Å². The van der Waals surface area contributed by atoms with E-state index in [9.17, 15) is 0 Å². The molecule has 0 bridgehead atoms. The highest BCUT2D eigenvalue weighted by Gasteiger charge is 2.05. The minimum Gasteiger partial charge on any atom is -0.361 e. The molecule has 1 rings (SSSR count). The number of aromatic amines is 1. The first-order chi connectivity index (χ1) is 6.20. The summed E-state index contributed by atoms with van der Waals surface area (Å²) in [7, 11) is 0. The second-order valence-electron chi connectivity index (χ2n) is 3.21. The zero-order chi connectivity index (χ0) is 9.84. The van der Waals surface area contributed by atoms with Crippen molar-refractivity contribution in [3.63, 3.8) is 0 Å². The van der Waals surface area contributed by atoms with Crippen molar-refractivity contribution < 1.29 is 0 Å². The Balaban J connectivity index is 3.18. The van der Waals surface area contributed by atoms with Crippen molar-refractivity contribution in [1.29, 1.82) is 0 Å². The van der Waals surface area contributed by atoms with Crippen LogP contribution in [0.25, 0.3) is 11.1 Å². The third-order valence-corrected chi connectivity index (χ3v) is 2.43. The van der Waals surface area contributed by atoms with Crippen molar-refractivity contribution in [3.05, 3.63) is 35.7 Å². The van der Waals surface area contributed by atoms with Gasteiger partial charge < -0.3 is 4.98 Å². The molecule has 1 N–H and O–H groups in total. The van der Waals surface area contributed by atoms with Crippen LogP contribution in [0.1, 0.15) is 39.0 Å². The highest BCUT2D eigenvalue weighted by molar-refractivity contribution is 5.76. The van der Waals surface area contributed by atoms with Crippen LogP contribution in [0.4, 0.5) is 0 Å². The van der Waals surface area contributed by atoms with Gasteiger partial charge in [0.1, 0.15) is 0 Å². The molecule has 0 aromatic carbocycles. The minimum absolute atomic E-state index is 1.23. The third-order valence-electron chi connectivity index (χ3n) is 2.43. The molecule has 1 aromatic rings. The summed E-state index contributed by atoms with van der Waals surface area (Å²) in [6, 6.07) is 2.12. The summed E-state index contributed by atoms with van der Waals surface area (Å²) >= 11 is 0. The number of nitrogens with one attached hydrogen (secondary N) is 1. The molecule has 0 aliphatic heterocycles. The van der Waals surface area contributed by atoms with Gasteiger partial charge in [-0.3, -0.25) is 0 Å². The maximum Gasteiger partial charge on any atom is 0.0482 e. The van der Waals surface area contributed by atoms with Gasteiger partial charge in [-0.1, -0.05) is 12.2 Å². The first-order valence-electron chi connectivity index (χ1n) is 4.64. The van der Waals surface area contributed by atoms with E-state index in [-0.39, 0.29) is 0 Å². The summed E-state index contributed by atoms with van der Waals surface area (Å²) in [6.07, 6.45) is 6.25. The quantitative estimate of drug-likeness (QED) is 0.702. The van der Waals surface area contributed by atoms with Gasteiger partial charge in [0, 0.05) is 17.5 Å². The van der Waals surface area contributed by atoms with Gasteiger partial charge in [0.25, 0.3) is 0 Å². The van der Waals surface area contributed by atoms with Crippen LogP contribution in [0.2, 0.25) is 0 Å². The van der Waals surface area contributed by atoms with Gasteiger partial charge in [-0.05, 0) is 44.9 Å². The zero-order valence-corrected chi connectivity index (χ0v) is 8.81. The fourth-order valence-corrected chi connectivity index (χ4v) is 1.32. The minimum atomic E-state index is 1.23. The molecule has 1 heterocycles. The molecule has 70 valence electrons. The maximum atomic E-state index is 3.26. The van der Waals surface area contributed by atoms with Crippen LogP contribution >= 0.6 is 0 Å². The molecular weight excluding hydrogens is 158 g/mol. The van der Waals surface area contributed by atoms with Gasteiger partial charge in [0.05, 0.1) is 0 Å². The van der Waals surface area contributed by atoms with Crippen molar-refractivity contribution in [3.8, 4) is 0 Å². The average Bonchev–Trinajstić information content (AvgIpc) is 2.63. The topological polar surface area (TPSA) is 15.8 Å². The summed E-state index contributed by atoms with van der Waals surface area (Å²) in [4.78, 5) is 3.26. The molecule has 0 saturated heterocycles. The number of allylic oxidation sites excluding steroid dienone is 4. The molecular formula is C12H17N. The molecule has 13 heavy (non-hydrogen) atoms. The summed E-state index contributed by atoms with van der Waals surface area (Å²) in [5.74, 6) is 0. The van der Waals surface area contributed by atoms with Crippen molar-refractivity contribution >= 4 is 11.1 Å². The molecule has 0 fully saturated rings. The molecule has 1 aromatic heterocycles. The first-order valence-corrected chi connectivity index (χ1v) is 4.64. The Morgan fingerprint density at radius 2 is 1.77 bits per heavy atom. The van der Waals surface area contributed by atoms with Crippen LogP contribution in [-0.4, -0.2) is 4.98 Å². The van der Waals surface area contributed by atoms with Crippen molar-refractivity contribution in [1.82, 2.24) is 4.98 Å². The third kappa shape index (κ3) is 1.92. The van der Waals surface area contributed by atoms with E-state index in [4.69, 9.17) is 0 Å². The normalized spacial score (nSPS) is 13.5. The molecule has 1 nitrogen and oxygen atoms in total. The highest BCUT2D eigenvalue weighted by atomic mass is 14.7. The Hall–Kier alpha value is -1.24. The van der Waals surface area contributed by atoms with Gasteiger partial charge in [0.2, 0.25) is 0 Å². The molecule has 1 heteroatoms. The van der Waals surface area contributed by atoms with Gasteiger partial charge in [0.15, 0.2) is 0 Å². The average molecular weight is 175 g/mol. The Morgan fingerprint density at radius 3 is 2.31 bits per heavy atom. The predicted molar refractivity (Wildman–Crippen MR) is 59.4 cm³/mol. The molecule has 0 radical (unpaired) electrons. The summed E-state index contributed by atoms with van der Waals surface area (Å²) in [5.41, 5.74) is 5.15. The lowest BCUT2D eigenvalue weighted by atomic mass is 10.0. The monoisotopic (exact) mass is 175 g/mol. The fraction of sp³-hybridized carbons (Fsp3) is 0.333. The molecule has 0 saturated carbocycles. The van der Waals surface area contributed by atoms with Crippen LogP contribution in [0.5, 0.6) is 0 Å². The second kappa shape index (κ2) is 4.13. The Labute approximate surface area is 80.2 Å². The lowest BCUT2D eigenvalue weighted by molar-refractivity contribution is 1.32. The molecule has 0 unspecified atom stereocenters. The van der Waals surface area contributed by atoms with E-state index >= 15 is 0 Å². The predicted octanol–water partition coefficient (Wildman–Crippen LogP) is 3.86. The number of aromatic nitrogens is 1. The number of rotatable bonds is 2. The number of hydrogen-bond acceptors (Lipinski definition) is 0. The summed E-state index contributed by atoms with van der Waals surface area (Å²) < 4.78 is 0. The van der Waals surface area contributed by atoms with Crippen molar-refractivity contribution in [2.45, 2.75) is 27.7 Å². The lowest BCUT2D eigenvalue weighted by Gasteiger charge is -2.03. The SMILES string of the molecule is C/C=C(/C)c1cc[nH]c1/C(C)=C\C. The number of hydrogen-bond donors (Lipinski definition) is 1. The van der Waals surface area contributed by atoms with Crippen LogP contribution in [0.3, 0.4) is 0 Å². The molecule has 0 aliphatic carbocycles. The smallest absolute Gasteiger partial charge is 0.0482 e. The second-order valence-corrected chi connectivity index (χ2v) is 3.21. The Bertz CT molecular complexity index is 307. The molecule has 0 aliphatic rings. The van der Waals surface area contributed by atoms with Gasteiger partial charge >= 0.3 is 0 Å². The zero-order valence-electron chi connectivity index (χ0n) is 8.81. The summed E-state index contributed by atoms with van der Waals surface area (Å²) in [5, 5.41) is 0. The molecule has 0 atom stereocenters. The standard InChI is InChI=1S/C12H17N/c1-5-9(3)11-7-8-13-12(11)10(4)6-2/h5-8,13H,1-4H3/b9-5-,10-6-. The molecule has 0 amide bonds. The summed E-state index contributed by atoms with van der Waals surface area (Å²) in [6.45, 7) is 8.38. The Kier molecular flexibility index (Phi) is 3.13. The maximum absolute atomic E-state index is 3.26. The van der Waals surface area contributed by atoms with E-state index in [2.05, 4.69) is 50.9 Å². The van der Waals surface area contributed by atoms with E-state index in [1.807, 2.05) is 6.20 Å². The van der Waals surface area contributed by atoms with E-state index in [0.29, 0.717) is 0 Å². The van der Waals surface area contributed by atoms with E-state index in [0.717, 1.165) is 0 Å². The van der Waals surface area contributed by atoms with E-state index < -0.39 is 0 Å². The lowest BCUT2D eigenvalue weighted by Crippen LogP contribution is -1.85. The van der Waals surface area contributed by atoms with Crippen LogP contribution < -0.4 is 0 Å². The first kappa shape index (κ1) is 9.85. The van der Waals surface area contributed by atoms with E-state index in [1.165, 1.54) is 22.4 Å². The van der Waals surface area contributed by atoms with Gasteiger partial charge in [-0.2, -0.15) is 0 Å². The largest absolute Gasteiger partial charge is 0.361 e. The molecule has 0 spiro atoms. The van der Waals surface area contributed by atoms with Crippen LogP contribution in [0.15, 0.2) is 24.4 Å². The van der Waals surface area contributed by atoms with Gasteiger partial charge in [-0.25, -0.2) is 0 Å². The van der Waals surface area contributed by atoms with Gasteiger partial charge in [-0.15, -0.1) is 0 Å². The number of H-pyrrole nitrogens is 1. The van der Waals surface area contributed by atoms with E-state index in [1.54, 1.807) is 0 Å². The highest BCUT2D eigenvalue weighted by Crippen LogP contribution is 2.23. The van der Waals surface area contributed by atoms with Crippen molar-refractivity contribution in [2.75, 3.05) is 0 Å².